The molecule has 0 fully saturated rings. The minimum atomic E-state index is -0.142. The van der Waals surface area contributed by atoms with E-state index in [-0.39, 0.29) is 11.7 Å². The number of aromatic nitrogens is 9. The van der Waals surface area contributed by atoms with Crippen LogP contribution in [-0.2, 0) is 11.8 Å². The van der Waals surface area contributed by atoms with Gasteiger partial charge in [0.1, 0.15) is 0 Å². The maximum atomic E-state index is 12.2. The average Bonchev–Trinajstić information content (AvgIpc) is 3.44. The number of anilines is 1. The van der Waals surface area contributed by atoms with E-state index in [0.29, 0.717) is 22.3 Å². The topological polar surface area (TPSA) is 129 Å². The number of rotatable bonds is 6. The van der Waals surface area contributed by atoms with Gasteiger partial charge in [0.2, 0.25) is 11.1 Å². The molecule has 11 nitrogen and oxygen atoms in total. The molecule has 0 spiro atoms. The smallest absolute Gasteiger partial charge is 0.234 e. The summed E-state index contributed by atoms with van der Waals surface area (Å²) in [4.78, 5) is 16.3. The number of tetrazole rings is 1. The molecule has 0 atom stereocenters. The second-order valence-electron chi connectivity index (χ2n) is 6.75. The van der Waals surface area contributed by atoms with Crippen LogP contribution in [0.1, 0.15) is 0 Å². The van der Waals surface area contributed by atoms with Crippen molar-refractivity contribution in [1.82, 2.24) is 45.0 Å². The highest BCUT2D eigenvalue weighted by Crippen LogP contribution is 2.22. The van der Waals surface area contributed by atoms with Gasteiger partial charge in [-0.05, 0) is 46.8 Å². The van der Waals surface area contributed by atoms with Crippen LogP contribution in [0.25, 0.3) is 28.3 Å². The second-order valence-corrected chi connectivity index (χ2v) is 7.69. The first-order chi connectivity index (χ1) is 15.7. The molecule has 4 heterocycles. The normalized spacial score (nSPS) is 11.0. The van der Waals surface area contributed by atoms with Crippen molar-refractivity contribution in [3.05, 3.63) is 60.9 Å². The van der Waals surface area contributed by atoms with Crippen molar-refractivity contribution in [3.8, 4) is 22.6 Å². The fourth-order valence-corrected chi connectivity index (χ4v) is 3.67. The number of thioether (sulfide) groups is 1. The quantitative estimate of drug-likeness (QED) is 0.391. The van der Waals surface area contributed by atoms with Gasteiger partial charge in [0.05, 0.1) is 11.4 Å². The molecule has 1 N–H and O–H groups in total. The lowest BCUT2D eigenvalue weighted by molar-refractivity contribution is -0.113. The maximum absolute atomic E-state index is 12.2. The van der Waals surface area contributed by atoms with E-state index in [1.54, 1.807) is 24.0 Å². The van der Waals surface area contributed by atoms with E-state index in [9.17, 15) is 4.79 Å². The van der Waals surface area contributed by atoms with Gasteiger partial charge in [-0.3, -0.25) is 9.78 Å². The number of amides is 1. The molecule has 0 aliphatic rings. The van der Waals surface area contributed by atoms with Gasteiger partial charge in [-0.1, -0.05) is 23.9 Å². The Bertz CT molecular complexity index is 1380. The third-order valence-corrected chi connectivity index (χ3v) is 5.59. The van der Waals surface area contributed by atoms with Gasteiger partial charge >= 0.3 is 0 Å². The number of nitrogens with zero attached hydrogens (tertiary/aromatic N) is 9. The van der Waals surface area contributed by atoms with Crippen LogP contribution in [0.5, 0.6) is 0 Å². The Hall–Kier alpha value is -4.19. The Balaban J connectivity index is 1.31. The second kappa shape index (κ2) is 8.51. The molecule has 0 saturated heterocycles. The lowest BCUT2D eigenvalue weighted by atomic mass is 10.1. The summed E-state index contributed by atoms with van der Waals surface area (Å²) in [6.07, 6.45) is 3.41. The van der Waals surface area contributed by atoms with Crippen LogP contribution in [0.4, 0.5) is 5.69 Å². The van der Waals surface area contributed by atoms with Gasteiger partial charge in [0, 0.05) is 36.3 Å². The van der Waals surface area contributed by atoms with Crippen LogP contribution >= 0.6 is 11.8 Å². The van der Waals surface area contributed by atoms with Crippen molar-refractivity contribution < 1.29 is 4.79 Å². The van der Waals surface area contributed by atoms with Gasteiger partial charge in [-0.15, -0.1) is 15.3 Å². The standard InChI is InChI=1S/C20H16N10OS/c1-29-20(25-27-28-29)32-12-18(31)22-15-4-2-13(3-5-15)16-6-7-17-23-24-19(30(17)26-16)14-8-10-21-11-9-14/h2-11H,12H2,1H3,(H,22,31). The van der Waals surface area contributed by atoms with Crippen molar-refractivity contribution in [1.29, 1.82) is 0 Å². The van der Waals surface area contributed by atoms with E-state index in [0.717, 1.165) is 16.8 Å². The number of nitrogens with one attached hydrogen (secondary N) is 1. The van der Waals surface area contributed by atoms with Crippen LogP contribution < -0.4 is 5.32 Å². The summed E-state index contributed by atoms with van der Waals surface area (Å²) >= 11 is 1.27. The highest BCUT2D eigenvalue weighted by molar-refractivity contribution is 7.99. The molecule has 5 rings (SSSR count). The summed E-state index contributed by atoms with van der Waals surface area (Å²) in [5.74, 6) is 0.708. The molecular formula is C20H16N10OS. The number of fused-ring (bicyclic) bond motifs is 1. The third kappa shape index (κ3) is 4.03. The molecular weight excluding hydrogens is 428 g/mol. The van der Waals surface area contributed by atoms with Gasteiger partial charge in [-0.25, -0.2) is 4.68 Å². The molecule has 32 heavy (non-hydrogen) atoms. The van der Waals surface area contributed by atoms with Crippen molar-refractivity contribution in [2.75, 3.05) is 11.1 Å². The van der Waals surface area contributed by atoms with Crippen LogP contribution in [0.2, 0.25) is 0 Å². The molecule has 1 amide bonds. The first-order valence-corrected chi connectivity index (χ1v) is 10.5. The van der Waals surface area contributed by atoms with Crippen molar-refractivity contribution in [2.45, 2.75) is 5.16 Å². The molecule has 0 aliphatic heterocycles. The van der Waals surface area contributed by atoms with E-state index in [1.165, 1.54) is 16.4 Å². The largest absolute Gasteiger partial charge is 0.325 e. The molecule has 0 bridgehead atoms. The number of hydrogen-bond acceptors (Lipinski definition) is 9. The summed E-state index contributed by atoms with van der Waals surface area (Å²) in [6.45, 7) is 0. The maximum Gasteiger partial charge on any atom is 0.234 e. The Kier molecular flexibility index (Phi) is 5.25. The summed E-state index contributed by atoms with van der Waals surface area (Å²) in [6, 6.07) is 15.0. The van der Waals surface area contributed by atoms with E-state index in [4.69, 9.17) is 5.10 Å². The number of carbonyl (C=O) groups is 1. The predicted octanol–water partition coefficient (Wildman–Crippen LogP) is 2.11. The van der Waals surface area contributed by atoms with E-state index >= 15 is 0 Å². The van der Waals surface area contributed by atoms with Crippen molar-refractivity contribution >= 4 is 29.0 Å². The van der Waals surface area contributed by atoms with E-state index < -0.39 is 0 Å². The molecule has 4 aromatic heterocycles. The lowest BCUT2D eigenvalue weighted by Gasteiger charge is -2.07. The minimum Gasteiger partial charge on any atom is -0.325 e. The van der Waals surface area contributed by atoms with Crippen LogP contribution in [-0.4, -0.2) is 56.7 Å². The fourth-order valence-electron chi connectivity index (χ4n) is 3.02. The number of pyridine rings is 1. The van der Waals surface area contributed by atoms with Crippen molar-refractivity contribution in [2.24, 2.45) is 7.05 Å². The summed E-state index contributed by atoms with van der Waals surface area (Å²) in [7, 11) is 1.73. The van der Waals surface area contributed by atoms with Crippen LogP contribution in [0.15, 0.2) is 66.1 Å². The molecule has 158 valence electrons. The Morgan fingerprint density at radius 3 is 2.53 bits per heavy atom. The Morgan fingerprint density at radius 2 is 1.78 bits per heavy atom. The summed E-state index contributed by atoms with van der Waals surface area (Å²) in [5, 5.41) is 27.7. The van der Waals surface area contributed by atoms with Crippen LogP contribution in [0.3, 0.4) is 0 Å². The first kappa shape index (κ1) is 19.8. The number of hydrogen-bond donors (Lipinski definition) is 1. The number of benzene rings is 1. The zero-order chi connectivity index (χ0) is 21.9. The van der Waals surface area contributed by atoms with E-state index in [2.05, 4.69) is 36.0 Å². The molecule has 0 aliphatic carbocycles. The predicted molar refractivity (Wildman–Crippen MR) is 118 cm³/mol. The number of carbonyl (C=O) groups excluding carboxylic acids is 1. The average molecular weight is 444 g/mol. The van der Waals surface area contributed by atoms with Gasteiger partial charge in [0.15, 0.2) is 11.5 Å². The summed E-state index contributed by atoms with van der Waals surface area (Å²) < 4.78 is 3.23. The first-order valence-electron chi connectivity index (χ1n) is 9.56. The monoisotopic (exact) mass is 444 g/mol. The van der Waals surface area contributed by atoms with Crippen molar-refractivity contribution in [3.63, 3.8) is 0 Å². The molecule has 0 saturated carbocycles. The summed E-state index contributed by atoms with van der Waals surface area (Å²) in [5.41, 5.74) is 3.89. The zero-order valence-electron chi connectivity index (χ0n) is 16.8. The Morgan fingerprint density at radius 1 is 0.969 bits per heavy atom. The van der Waals surface area contributed by atoms with E-state index in [1.807, 2.05) is 48.5 Å². The minimum absolute atomic E-state index is 0.142. The molecule has 0 unspecified atom stereocenters. The van der Waals surface area contributed by atoms with Gasteiger partial charge < -0.3 is 5.32 Å². The zero-order valence-corrected chi connectivity index (χ0v) is 17.6. The van der Waals surface area contributed by atoms with Gasteiger partial charge in [0.25, 0.3) is 0 Å². The molecule has 12 heteroatoms. The molecule has 1 aromatic carbocycles. The third-order valence-electron chi connectivity index (χ3n) is 4.58. The van der Waals surface area contributed by atoms with Gasteiger partial charge in [-0.2, -0.15) is 9.61 Å². The molecule has 5 aromatic rings. The molecule has 0 radical (unpaired) electrons. The highest BCUT2D eigenvalue weighted by atomic mass is 32.2. The SMILES string of the molecule is Cn1nnnc1SCC(=O)Nc1ccc(-c2ccc3nnc(-c4ccncc4)n3n2)cc1. The lowest BCUT2D eigenvalue weighted by Crippen LogP contribution is -2.14. The fraction of sp³-hybridized carbons (Fsp3) is 0.100. The number of aryl methyl sites for hydroxylation is 1. The highest BCUT2D eigenvalue weighted by Gasteiger charge is 2.11. The Labute approximate surface area is 185 Å². The van der Waals surface area contributed by atoms with Crippen LogP contribution in [0, 0.1) is 0 Å².